The van der Waals surface area contributed by atoms with Crippen LogP contribution in [0.4, 0.5) is 5.82 Å². The number of pyridine rings is 1. The topological polar surface area (TPSA) is 62.7 Å². The largest absolute Gasteiger partial charge is 0.478 e. The van der Waals surface area contributed by atoms with Crippen molar-refractivity contribution in [3.8, 4) is 0 Å². The molecule has 0 radical (unpaired) electrons. The van der Waals surface area contributed by atoms with Gasteiger partial charge in [0, 0.05) is 19.3 Å². The number of nitrogens with zero attached hydrogens (tertiary/aromatic N) is 2. The Morgan fingerprint density at radius 2 is 2.19 bits per heavy atom. The number of carboxylic acids is 1. The molecule has 1 aromatic heterocycles. The standard InChI is InChI=1S/C11H14N2O3/c1-8-6-9(11(14)15)7-12-10(8)13-2-4-16-5-3-13/h6-7H,2-5H2,1H3,(H,14,15). The molecule has 2 heterocycles. The molecule has 0 aliphatic carbocycles. The highest BCUT2D eigenvalue weighted by molar-refractivity contribution is 5.87. The van der Waals surface area contributed by atoms with Gasteiger partial charge in [-0.15, -0.1) is 0 Å². The van der Waals surface area contributed by atoms with E-state index in [0.29, 0.717) is 13.2 Å². The van der Waals surface area contributed by atoms with E-state index < -0.39 is 5.97 Å². The SMILES string of the molecule is Cc1cc(C(=O)O)cnc1N1CCOCC1. The van der Waals surface area contributed by atoms with Crippen LogP contribution in [-0.4, -0.2) is 42.4 Å². The number of anilines is 1. The minimum absolute atomic E-state index is 0.231. The van der Waals surface area contributed by atoms with E-state index in [4.69, 9.17) is 9.84 Å². The number of ether oxygens (including phenoxy) is 1. The second kappa shape index (κ2) is 4.49. The van der Waals surface area contributed by atoms with Crippen molar-refractivity contribution in [1.29, 1.82) is 0 Å². The van der Waals surface area contributed by atoms with E-state index in [9.17, 15) is 4.79 Å². The molecule has 0 unspecified atom stereocenters. The van der Waals surface area contributed by atoms with Gasteiger partial charge in [-0.1, -0.05) is 0 Å². The Kier molecular flexibility index (Phi) is 3.05. The molecule has 1 N–H and O–H groups in total. The first-order chi connectivity index (χ1) is 7.68. The molecule has 2 rings (SSSR count). The van der Waals surface area contributed by atoms with Crippen molar-refractivity contribution in [2.24, 2.45) is 0 Å². The van der Waals surface area contributed by atoms with Gasteiger partial charge in [0.1, 0.15) is 5.82 Å². The Morgan fingerprint density at radius 3 is 2.75 bits per heavy atom. The van der Waals surface area contributed by atoms with Crippen molar-refractivity contribution >= 4 is 11.8 Å². The van der Waals surface area contributed by atoms with Crippen LogP contribution in [0.1, 0.15) is 15.9 Å². The summed E-state index contributed by atoms with van der Waals surface area (Å²) in [6, 6.07) is 1.65. The number of carboxylic acid groups (broad SMARTS) is 1. The summed E-state index contributed by atoms with van der Waals surface area (Å²) in [7, 11) is 0. The molecule has 0 bridgehead atoms. The molecule has 0 spiro atoms. The van der Waals surface area contributed by atoms with E-state index in [1.165, 1.54) is 6.20 Å². The summed E-state index contributed by atoms with van der Waals surface area (Å²) in [6.07, 6.45) is 1.40. The minimum Gasteiger partial charge on any atom is -0.478 e. The Hall–Kier alpha value is -1.62. The van der Waals surface area contributed by atoms with Crippen LogP contribution in [-0.2, 0) is 4.74 Å². The molecule has 86 valence electrons. The number of hydrogen-bond donors (Lipinski definition) is 1. The number of rotatable bonds is 2. The van der Waals surface area contributed by atoms with Crippen LogP contribution in [0.25, 0.3) is 0 Å². The Bertz CT molecular complexity index is 400. The smallest absolute Gasteiger partial charge is 0.337 e. The number of carbonyl (C=O) groups is 1. The summed E-state index contributed by atoms with van der Waals surface area (Å²) in [6.45, 7) is 4.88. The second-order valence-electron chi connectivity index (χ2n) is 3.77. The zero-order valence-corrected chi connectivity index (χ0v) is 9.14. The third-order valence-electron chi connectivity index (χ3n) is 2.61. The summed E-state index contributed by atoms with van der Waals surface area (Å²) in [4.78, 5) is 17.1. The minimum atomic E-state index is -0.941. The maximum absolute atomic E-state index is 10.8. The molecule has 5 heteroatoms. The van der Waals surface area contributed by atoms with Crippen LogP contribution in [0, 0.1) is 6.92 Å². The lowest BCUT2D eigenvalue weighted by atomic mass is 10.2. The van der Waals surface area contributed by atoms with Crippen molar-refractivity contribution in [3.63, 3.8) is 0 Å². The van der Waals surface area contributed by atoms with E-state index in [1.54, 1.807) is 6.07 Å². The normalized spacial score (nSPS) is 16.2. The van der Waals surface area contributed by atoms with Gasteiger partial charge < -0.3 is 14.7 Å². The fourth-order valence-electron chi connectivity index (χ4n) is 1.79. The van der Waals surface area contributed by atoms with Crippen LogP contribution in [0.15, 0.2) is 12.3 Å². The number of aromatic carboxylic acids is 1. The molecule has 0 aromatic carbocycles. The summed E-state index contributed by atoms with van der Waals surface area (Å²) in [5, 5.41) is 8.84. The summed E-state index contributed by atoms with van der Waals surface area (Å²) < 4.78 is 5.26. The number of morpholine rings is 1. The molecule has 1 aromatic rings. The van der Waals surface area contributed by atoms with E-state index in [-0.39, 0.29) is 5.56 Å². The summed E-state index contributed by atoms with van der Waals surface area (Å²) in [5.41, 5.74) is 1.12. The van der Waals surface area contributed by atoms with Crippen LogP contribution >= 0.6 is 0 Å². The van der Waals surface area contributed by atoms with Gasteiger partial charge in [0.05, 0.1) is 18.8 Å². The van der Waals surface area contributed by atoms with Crippen molar-refractivity contribution in [3.05, 3.63) is 23.4 Å². The van der Waals surface area contributed by atoms with Crippen molar-refractivity contribution in [2.45, 2.75) is 6.92 Å². The average Bonchev–Trinajstić information content (AvgIpc) is 2.30. The van der Waals surface area contributed by atoms with Crippen LogP contribution in [0.3, 0.4) is 0 Å². The molecule has 1 aliphatic heterocycles. The fourth-order valence-corrected chi connectivity index (χ4v) is 1.79. The predicted octanol–water partition coefficient (Wildman–Crippen LogP) is 0.925. The molecular weight excluding hydrogens is 208 g/mol. The van der Waals surface area contributed by atoms with E-state index in [2.05, 4.69) is 9.88 Å². The van der Waals surface area contributed by atoms with E-state index >= 15 is 0 Å². The van der Waals surface area contributed by atoms with Crippen LogP contribution < -0.4 is 4.90 Å². The van der Waals surface area contributed by atoms with Crippen molar-refractivity contribution in [2.75, 3.05) is 31.2 Å². The molecule has 5 nitrogen and oxygen atoms in total. The quantitative estimate of drug-likeness (QED) is 0.806. The zero-order chi connectivity index (χ0) is 11.5. The fraction of sp³-hybridized carbons (Fsp3) is 0.455. The molecule has 16 heavy (non-hydrogen) atoms. The molecule has 0 saturated carbocycles. The molecule has 0 atom stereocenters. The molecule has 1 fully saturated rings. The van der Waals surface area contributed by atoms with Crippen LogP contribution in [0.2, 0.25) is 0 Å². The number of aromatic nitrogens is 1. The van der Waals surface area contributed by atoms with Gasteiger partial charge in [-0.05, 0) is 18.6 Å². The highest BCUT2D eigenvalue weighted by Gasteiger charge is 2.15. The lowest BCUT2D eigenvalue weighted by Gasteiger charge is -2.28. The first-order valence-corrected chi connectivity index (χ1v) is 5.21. The predicted molar refractivity (Wildman–Crippen MR) is 59.0 cm³/mol. The van der Waals surface area contributed by atoms with Gasteiger partial charge in [-0.3, -0.25) is 0 Å². The summed E-state index contributed by atoms with van der Waals surface area (Å²) >= 11 is 0. The monoisotopic (exact) mass is 222 g/mol. The first-order valence-electron chi connectivity index (χ1n) is 5.21. The van der Waals surface area contributed by atoms with E-state index in [0.717, 1.165) is 24.5 Å². The Labute approximate surface area is 93.7 Å². The molecule has 0 amide bonds. The average molecular weight is 222 g/mol. The molecule has 1 saturated heterocycles. The number of hydrogen-bond acceptors (Lipinski definition) is 4. The van der Waals surface area contributed by atoms with Gasteiger partial charge in [0.25, 0.3) is 0 Å². The third kappa shape index (κ3) is 2.14. The van der Waals surface area contributed by atoms with Gasteiger partial charge >= 0.3 is 5.97 Å². The van der Waals surface area contributed by atoms with Gasteiger partial charge in [0.15, 0.2) is 0 Å². The first kappa shape index (κ1) is 10.9. The van der Waals surface area contributed by atoms with Gasteiger partial charge in [-0.2, -0.15) is 0 Å². The Balaban J connectivity index is 2.24. The number of aryl methyl sites for hydroxylation is 1. The molecular formula is C11H14N2O3. The van der Waals surface area contributed by atoms with Gasteiger partial charge in [0.2, 0.25) is 0 Å². The maximum Gasteiger partial charge on any atom is 0.337 e. The second-order valence-corrected chi connectivity index (χ2v) is 3.77. The van der Waals surface area contributed by atoms with E-state index in [1.807, 2.05) is 6.92 Å². The van der Waals surface area contributed by atoms with Crippen LogP contribution in [0.5, 0.6) is 0 Å². The van der Waals surface area contributed by atoms with Crippen molar-refractivity contribution in [1.82, 2.24) is 4.98 Å². The van der Waals surface area contributed by atoms with Crippen molar-refractivity contribution < 1.29 is 14.6 Å². The van der Waals surface area contributed by atoms with Gasteiger partial charge in [-0.25, -0.2) is 9.78 Å². The lowest BCUT2D eigenvalue weighted by molar-refractivity contribution is 0.0696. The maximum atomic E-state index is 10.8. The summed E-state index contributed by atoms with van der Waals surface area (Å²) in [5.74, 6) is -0.0857. The Morgan fingerprint density at radius 1 is 1.50 bits per heavy atom. The highest BCUT2D eigenvalue weighted by Crippen LogP contribution is 2.18. The third-order valence-corrected chi connectivity index (χ3v) is 2.61. The highest BCUT2D eigenvalue weighted by atomic mass is 16.5. The lowest BCUT2D eigenvalue weighted by Crippen LogP contribution is -2.37. The molecule has 1 aliphatic rings. The zero-order valence-electron chi connectivity index (χ0n) is 9.14.